The Kier molecular flexibility index (Phi) is 4.93. The van der Waals surface area contributed by atoms with Crippen LogP contribution in [0.4, 0.5) is 11.5 Å². The van der Waals surface area contributed by atoms with E-state index in [4.69, 9.17) is 0 Å². The first kappa shape index (κ1) is 20.1. The summed E-state index contributed by atoms with van der Waals surface area (Å²) in [5.74, 6) is 1.70. The molecule has 1 atom stereocenters. The number of sulfonamides is 1. The van der Waals surface area contributed by atoms with E-state index in [1.165, 1.54) is 5.56 Å². The van der Waals surface area contributed by atoms with Crippen LogP contribution >= 0.6 is 0 Å². The maximum Gasteiger partial charge on any atom is 0.258 e. The molecule has 0 spiro atoms. The maximum absolute atomic E-state index is 12.8. The van der Waals surface area contributed by atoms with Crippen LogP contribution in [0.2, 0.25) is 0 Å². The fourth-order valence-corrected chi connectivity index (χ4v) is 7.22. The summed E-state index contributed by atoms with van der Waals surface area (Å²) in [5, 5.41) is 3.43. The summed E-state index contributed by atoms with van der Waals surface area (Å²) in [5.41, 5.74) is 2.96. The molecule has 1 aliphatic carbocycles. The van der Waals surface area contributed by atoms with Gasteiger partial charge in [-0.1, -0.05) is 0 Å². The van der Waals surface area contributed by atoms with E-state index in [0.29, 0.717) is 49.1 Å². The van der Waals surface area contributed by atoms with Crippen molar-refractivity contribution >= 4 is 27.4 Å². The Morgan fingerprint density at radius 3 is 2.70 bits per heavy atom. The lowest BCUT2D eigenvalue weighted by atomic mass is 9.84. The molecule has 1 saturated heterocycles. The molecule has 0 aromatic carbocycles. The summed E-state index contributed by atoms with van der Waals surface area (Å²) in [7, 11) is -1.16. The Hall–Kier alpha value is -1.87. The lowest BCUT2D eigenvalue weighted by molar-refractivity contribution is 0.0773. The maximum atomic E-state index is 12.8. The molecule has 1 aromatic heterocycles. The molecule has 4 aliphatic rings. The van der Waals surface area contributed by atoms with Gasteiger partial charge in [0.25, 0.3) is 5.91 Å². The number of amides is 1. The van der Waals surface area contributed by atoms with Crippen molar-refractivity contribution < 1.29 is 13.2 Å². The second kappa shape index (κ2) is 7.37. The largest absolute Gasteiger partial charge is 0.367 e. The zero-order valence-corrected chi connectivity index (χ0v) is 18.6. The molecular formula is C21H31N5O3S. The van der Waals surface area contributed by atoms with Crippen LogP contribution in [0.15, 0.2) is 6.20 Å². The smallest absolute Gasteiger partial charge is 0.258 e. The van der Waals surface area contributed by atoms with Crippen molar-refractivity contribution in [1.29, 1.82) is 0 Å². The molecule has 1 amide bonds. The lowest BCUT2D eigenvalue weighted by Crippen LogP contribution is -2.51. The minimum Gasteiger partial charge on any atom is -0.367 e. The van der Waals surface area contributed by atoms with E-state index in [1.54, 1.807) is 15.4 Å². The van der Waals surface area contributed by atoms with Crippen LogP contribution in [-0.2, 0) is 16.4 Å². The first-order valence-corrected chi connectivity index (χ1v) is 12.7. The van der Waals surface area contributed by atoms with E-state index in [0.717, 1.165) is 50.0 Å². The van der Waals surface area contributed by atoms with Crippen LogP contribution in [0, 0.1) is 5.92 Å². The van der Waals surface area contributed by atoms with Crippen molar-refractivity contribution in [1.82, 2.24) is 14.2 Å². The number of nitrogens with one attached hydrogen (secondary N) is 1. The molecule has 0 bridgehead atoms. The zero-order chi connectivity index (χ0) is 21.0. The summed E-state index contributed by atoms with van der Waals surface area (Å²) < 4.78 is 26.0. The summed E-state index contributed by atoms with van der Waals surface area (Å²) >= 11 is 0. The molecule has 30 heavy (non-hydrogen) atoms. The third kappa shape index (κ3) is 3.36. The van der Waals surface area contributed by atoms with Crippen molar-refractivity contribution in [2.45, 2.75) is 57.5 Å². The first-order chi connectivity index (χ1) is 14.3. The number of rotatable bonds is 3. The van der Waals surface area contributed by atoms with Gasteiger partial charge in [-0.05, 0) is 51.4 Å². The van der Waals surface area contributed by atoms with E-state index < -0.39 is 10.0 Å². The van der Waals surface area contributed by atoms with Gasteiger partial charge in [0.2, 0.25) is 10.0 Å². The van der Waals surface area contributed by atoms with Crippen molar-refractivity contribution in [2.24, 2.45) is 5.92 Å². The number of hydrogen-bond donors (Lipinski definition) is 1. The highest BCUT2D eigenvalue weighted by Gasteiger charge is 2.39. The van der Waals surface area contributed by atoms with Crippen LogP contribution in [0.5, 0.6) is 0 Å². The van der Waals surface area contributed by atoms with Gasteiger partial charge in [-0.3, -0.25) is 4.79 Å². The number of nitrogens with zero attached hydrogens (tertiary/aromatic N) is 4. The van der Waals surface area contributed by atoms with Gasteiger partial charge < -0.3 is 15.1 Å². The predicted molar refractivity (Wildman–Crippen MR) is 116 cm³/mol. The van der Waals surface area contributed by atoms with Crippen LogP contribution < -0.4 is 10.2 Å². The molecule has 5 rings (SSSR count). The zero-order valence-electron chi connectivity index (χ0n) is 17.8. The molecule has 1 N–H and O–H groups in total. The monoisotopic (exact) mass is 433 g/mol. The Morgan fingerprint density at radius 1 is 1.23 bits per heavy atom. The van der Waals surface area contributed by atoms with Crippen molar-refractivity contribution in [3.05, 3.63) is 17.3 Å². The van der Waals surface area contributed by atoms with Gasteiger partial charge in [0, 0.05) is 44.0 Å². The molecule has 9 heteroatoms. The lowest BCUT2D eigenvalue weighted by Gasteiger charge is -2.44. The predicted octanol–water partition coefficient (Wildman–Crippen LogP) is 1.88. The second-order valence-corrected chi connectivity index (χ2v) is 11.5. The fraction of sp³-hybridized carbons (Fsp3) is 0.714. The average molecular weight is 434 g/mol. The SMILES string of the molecule is CC1Cc2c(ncc3c2N([C@H]2CC[C@H](CN4CCCS4(=O)=O)CC2)CN(C)C3=O)N1. The number of aromatic nitrogens is 1. The van der Waals surface area contributed by atoms with Crippen LogP contribution in [0.25, 0.3) is 0 Å². The molecule has 1 unspecified atom stereocenters. The van der Waals surface area contributed by atoms with Gasteiger partial charge in [-0.15, -0.1) is 0 Å². The molecule has 0 radical (unpaired) electrons. The molecule has 1 aromatic rings. The second-order valence-electron chi connectivity index (χ2n) is 9.41. The third-order valence-corrected chi connectivity index (χ3v) is 9.12. The molecule has 3 aliphatic heterocycles. The highest BCUT2D eigenvalue weighted by atomic mass is 32.2. The van der Waals surface area contributed by atoms with E-state index in [2.05, 4.69) is 22.1 Å². The van der Waals surface area contributed by atoms with Gasteiger partial charge in [0.15, 0.2) is 0 Å². The van der Waals surface area contributed by atoms with E-state index in [-0.39, 0.29) is 5.91 Å². The number of fused-ring (bicyclic) bond motifs is 3. The molecule has 164 valence electrons. The normalized spacial score (nSPS) is 30.9. The van der Waals surface area contributed by atoms with E-state index in [1.807, 2.05) is 7.05 Å². The first-order valence-electron chi connectivity index (χ1n) is 11.1. The fourth-order valence-electron chi connectivity index (χ4n) is 5.63. The van der Waals surface area contributed by atoms with Crippen LogP contribution in [0.3, 0.4) is 0 Å². The Labute approximate surface area is 178 Å². The Bertz CT molecular complexity index is 958. The number of carbonyl (C=O) groups is 1. The van der Waals surface area contributed by atoms with Gasteiger partial charge >= 0.3 is 0 Å². The number of hydrogen-bond acceptors (Lipinski definition) is 6. The van der Waals surface area contributed by atoms with Crippen molar-refractivity contribution in [2.75, 3.05) is 42.8 Å². The van der Waals surface area contributed by atoms with Crippen LogP contribution in [0.1, 0.15) is 54.9 Å². The van der Waals surface area contributed by atoms with Crippen LogP contribution in [-0.4, -0.2) is 73.2 Å². The van der Waals surface area contributed by atoms with Gasteiger partial charge in [-0.25, -0.2) is 17.7 Å². The van der Waals surface area contributed by atoms with Crippen molar-refractivity contribution in [3.63, 3.8) is 0 Å². The summed E-state index contributed by atoms with van der Waals surface area (Å²) in [4.78, 5) is 21.5. The van der Waals surface area contributed by atoms with Gasteiger partial charge in [0.05, 0.1) is 23.7 Å². The molecule has 2 fully saturated rings. The summed E-state index contributed by atoms with van der Waals surface area (Å²) in [6.45, 7) is 4.10. The molecule has 1 saturated carbocycles. The minimum absolute atomic E-state index is 0.0454. The highest BCUT2D eigenvalue weighted by Crippen LogP contribution is 2.41. The molecular weight excluding hydrogens is 402 g/mol. The van der Waals surface area contributed by atoms with Crippen molar-refractivity contribution in [3.8, 4) is 0 Å². The van der Waals surface area contributed by atoms with Gasteiger partial charge in [0.1, 0.15) is 5.82 Å². The number of pyridine rings is 1. The number of anilines is 2. The summed E-state index contributed by atoms with van der Waals surface area (Å²) in [6, 6.07) is 0.696. The molecule has 4 heterocycles. The van der Waals surface area contributed by atoms with Gasteiger partial charge in [-0.2, -0.15) is 0 Å². The average Bonchev–Trinajstić information content (AvgIpc) is 3.25. The Morgan fingerprint density at radius 2 is 2.00 bits per heavy atom. The third-order valence-electron chi connectivity index (χ3n) is 7.19. The summed E-state index contributed by atoms with van der Waals surface area (Å²) in [6.07, 6.45) is 7.49. The Balaban J connectivity index is 1.34. The van der Waals surface area contributed by atoms with E-state index in [9.17, 15) is 13.2 Å². The quantitative estimate of drug-likeness (QED) is 0.783. The van der Waals surface area contributed by atoms with E-state index >= 15 is 0 Å². The standard InChI is InChI=1S/C21H31N5O3S/c1-14-10-17-19-18(11-22-20(17)23-14)21(27)24(2)13-26(19)16-6-4-15(5-7-16)12-25-8-3-9-30(25,28)29/h11,14-16H,3-10,12-13H2,1-2H3,(H,22,23)/t14?,15-,16-. The number of carbonyl (C=O) groups excluding carboxylic acids is 1. The minimum atomic E-state index is -3.02. The topological polar surface area (TPSA) is 85.9 Å². The highest BCUT2D eigenvalue weighted by molar-refractivity contribution is 7.89. The molecule has 8 nitrogen and oxygen atoms in total.